The first-order chi connectivity index (χ1) is 12.4. The van der Waals surface area contributed by atoms with E-state index in [1.807, 2.05) is 25.1 Å². The van der Waals surface area contributed by atoms with Gasteiger partial charge in [0.25, 0.3) is 0 Å². The van der Waals surface area contributed by atoms with Crippen LogP contribution in [0.15, 0.2) is 28.7 Å². The summed E-state index contributed by atoms with van der Waals surface area (Å²) in [5.74, 6) is -2.20. The van der Waals surface area contributed by atoms with Crippen molar-refractivity contribution in [2.24, 2.45) is 16.7 Å². The molecule has 3 rings (SSSR count). The molecule has 4 unspecified atom stereocenters. The highest BCUT2D eigenvalue weighted by Gasteiger charge is 2.79. The number of nitrogens with one attached hydrogen (secondary N) is 1. The van der Waals surface area contributed by atoms with Crippen LogP contribution in [0, 0.1) is 56.2 Å². The van der Waals surface area contributed by atoms with Crippen LogP contribution in [0.5, 0.6) is 0 Å². The molecule has 0 saturated carbocycles. The molecule has 6 nitrogen and oxygen atoms in total. The van der Waals surface area contributed by atoms with E-state index in [4.69, 9.17) is 14.9 Å². The van der Waals surface area contributed by atoms with E-state index in [9.17, 15) is 15.8 Å². The van der Waals surface area contributed by atoms with E-state index in [1.165, 1.54) is 0 Å². The Morgan fingerprint density at radius 2 is 1.85 bits per heavy atom. The molecule has 7 heteroatoms. The first-order valence-electron chi connectivity index (χ1n) is 8.31. The number of ether oxygens (including phenoxy) is 2. The Morgan fingerprint density at radius 3 is 2.38 bits per heavy atom. The summed E-state index contributed by atoms with van der Waals surface area (Å²) in [6, 6.07) is 13.4. The van der Waals surface area contributed by atoms with Crippen molar-refractivity contribution in [2.75, 3.05) is 0 Å². The van der Waals surface area contributed by atoms with Gasteiger partial charge >= 0.3 is 0 Å². The first kappa shape index (κ1) is 18.4. The number of benzene rings is 1. The number of nitrogens with zero attached hydrogens (tertiary/aromatic N) is 3. The molecule has 0 aromatic heterocycles. The van der Waals surface area contributed by atoms with Gasteiger partial charge in [-0.2, -0.15) is 15.8 Å². The van der Waals surface area contributed by atoms with Gasteiger partial charge in [-0.25, -0.2) is 0 Å². The number of hydrogen-bond acceptors (Lipinski definition) is 6. The maximum atomic E-state index is 10.1. The number of hydrogen-bond donors (Lipinski definition) is 1. The van der Waals surface area contributed by atoms with Gasteiger partial charge in [0.2, 0.25) is 17.1 Å². The fourth-order valence-corrected chi connectivity index (χ4v) is 4.78. The molecule has 2 aliphatic rings. The topological polar surface area (TPSA) is 114 Å². The maximum absolute atomic E-state index is 10.1. The zero-order valence-electron chi connectivity index (χ0n) is 14.4. The maximum Gasteiger partial charge on any atom is 0.214 e. The van der Waals surface area contributed by atoms with Crippen LogP contribution in [0.2, 0.25) is 0 Å². The average molecular weight is 413 g/mol. The van der Waals surface area contributed by atoms with Crippen LogP contribution in [0.1, 0.15) is 38.4 Å². The molecular weight excluding hydrogens is 396 g/mol. The molecule has 26 heavy (non-hydrogen) atoms. The minimum absolute atomic E-state index is 0.362. The molecule has 1 aromatic carbocycles. The summed E-state index contributed by atoms with van der Waals surface area (Å²) in [5, 5.41) is 38.7. The second-order valence-electron chi connectivity index (χ2n) is 6.76. The zero-order valence-corrected chi connectivity index (χ0v) is 16.0. The van der Waals surface area contributed by atoms with Gasteiger partial charge < -0.3 is 9.47 Å². The highest BCUT2D eigenvalue weighted by atomic mass is 79.9. The highest BCUT2D eigenvalue weighted by Crippen LogP contribution is 2.67. The van der Waals surface area contributed by atoms with Gasteiger partial charge in [0.1, 0.15) is 6.10 Å². The van der Waals surface area contributed by atoms with Crippen LogP contribution in [-0.4, -0.2) is 11.7 Å². The average Bonchev–Trinajstić information content (AvgIpc) is 2.79. The molecule has 4 atom stereocenters. The predicted octanol–water partition coefficient (Wildman–Crippen LogP) is 4.20. The van der Waals surface area contributed by atoms with Crippen LogP contribution in [0.25, 0.3) is 0 Å². The lowest BCUT2D eigenvalue weighted by atomic mass is 9.53. The predicted molar refractivity (Wildman–Crippen MR) is 95.3 cm³/mol. The largest absolute Gasteiger partial charge is 0.448 e. The molecule has 2 heterocycles. The molecule has 0 amide bonds. The van der Waals surface area contributed by atoms with Crippen LogP contribution in [0.4, 0.5) is 0 Å². The van der Waals surface area contributed by atoms with Gasteiger partial charge in [0.05, 0.1) is 24.1 Å². The van der Waals surface area contributed by atoms with E-state index < -0.39 is 28.6 Å². The summed E-state index contributed by atoms with van der Waals surface area (Å²) < 4.78 is 12.6. The smallest absolute Gasteiger partial charge is 0.214 e. The molecule has 0 aliphatic carbocycles. The van der Waals surface area contributed by atoms with Crippen LogP contribution < -0.4 is 0 Å². The summed E-state index contributed by atoms with van der Waals surface area (Å²) in [4.78, 5) is 0. The summed E-state index contributed by atoms with van der Waals surface area (Å²) in [7, 11) is 0. The number of halogens is 1. The second kappa shape index (κ2) is 6.09. The Kier molecular flexibility index (Phi) is 4.31. The van der Waals surface area contributed by atoms with Gasteiger partial charge in [0, 0.05) is 11.4 Å². The fraction of sp³-hybridized carbons (Fsp3) is 0.474. The van der Waals surface area contributed by atoms with Crippen molar-refractivity contribution in [2.45, 2.75) is 38.6 Å². The molecule has 2 fully saturated rings. The van der Waals surface area contributed by atoms with E-state index >= 15 is 0 Å². The molecule has 0 spiro atoms. The monoisotopic (exact) mass is 412 g/mol. The van der Waals surface area contributed by atoms with Crippen LogP contribution in [-0.2, 0) is 9.47 Å². The molecule has 1 N–H and O–H groups in total. The molecule has 2 bridgehead atoms. The molecule has 2 saturated heterocycles. The molecule has 132 valence electrons. The van der Waals surface area contributed by atoms with Crippen molar-refractivity contribution >= 4 is 21.8 Å². The van der Waals surface area contributed by atoms with Crippen molar-refractivity contribution < 1.29 is 9.47 Å². The van der Waals surface area contributed by atoms with Gasteiger partial charge in [-0.3, -0.25) is 5.41 Å². The van der Waals surface area contributed by atoms with E-state index in [2.05, 4.69) is 22.0 Å². The number of rotatable bonds is 3. The summed E-state index contributed by atoms with van der Waals surface area (Å²) in [5.41, 5.74) is -3.02. The third-order valence-electron chi connectivity index (χ3n) is 5.48. The van der Waals surface area contributed by atoms with Crippen molar-refractivity contribution in [3.8, 4) is 18.2 Å². The van der Waals surface area contributed by atoms with Crippen molar-refractivity contribution in [3.63, 3.8) is 0 Å². The third kappa shape index (κ3) is 2.01. The van der Waals surface area contributed by atoms with Crippen molar-refractivity contribution in [1.82, 2.24) is 0 Å². The van der Waals surface area contributed by atoms with Gasteiger partial charge in [-0.15, -0.1) is 0 Å². The summed E-state index contributed by atoms with van der Waals surface area (Å²) >= 11 is 3.44. The quantitative estimate of drug-likeness (QED) is 0.798. The van der Waals surface area contributed by atoms with Gasteiger partial charge in [-0.1, -0.05) is 47.5 Å². The van der Waals surface area contributed by atoms with E-state index in [0.717, 1.165) is 0 Å². The van der Waals surface area contributed by atoms with Crippen LogP contribution >= 0.6 is 15.9 Å². The SMILES string of the molecule is CCCC1C2(C)OC(=N)C1(C#N)C(C#N)(C#N)C(c1ccccc1Br)O2. The lowest BCUT2D eigenvalue weighted by molar-refractivity contribution is -0.274. The second-order valence-corrected chi connectivity index (χ2v) is 7.61. The standard InChI is InChI=1S/C19H17BrN4O2/c1-3-6-14-17(2)25-15(12-7-4-5-8-13(12)20)18(9-21,10-22)19(14,11-23)16(24)26-17/h4-5,7-8,14-15,24H,3,6H2,1-2H3. The zero-order chi connectivity index (χ0) is 19.2. The Morgan fingerprint density at radius 1 is 1.19 bits per heavy atom. The summed E-state index contributed by atoms with van der Waals surface area (Å²) in [6.45, 7) is 3.63. The van der Waals surface area contributed by atoms with Crippen LogP contribution in [0.3, 0.4) is 0 Å². The van der Waals surface area contributed by atoms with E-state index in [0.29, 0.717) is 22.9 Å². The first-order valence-corrected chi connectivity index (χ1v) is 9.10. The van der Waals surface area contributed by atoms with Crippen molar-refractivity contribution in [1.29, 1.82) is 21.2 Å². The third-order valence-corrected chi connectivity index (χ3v) is 6.20. The van der Waals surface area contributed by atoms with Gasteiger partial charge in [0.15, 0.2) is 5.41 Å². The van der Waals surface area contributed by atoms with E-state index in [-0.39, 0.29) is 5.90 Å². The lowest BCUT2D eigenvalue weighted by Gasteiger charge is -2.49. The normalized spacial score (nSPS) is 34.2. The molecule has 0 radical (unpaired) electrons. The minimum Gasteiger partial charge on any atom is -0.448 e. The lowest BCUT2D eigenvalue weighted by Crippen LogP contribution is -2.58. The van der Waals surface area contributed by atoms with E-state index in [1.54, 1.807) is 25.1 Å². The Labute approximate surface area is 160 Å². The summed E-state index contributed by atoms with van der Waals surface area (Å²) in [6.07, 6.45) is 0.171. The van der Waals surface area contributed by atoms with Gasteiger partial charge in [-0.05, 0) is 18.1 Å². The molecule has 2 aliphatic heterocycles. The molecular formula is C19H17BrN4O2. The Bertz CT molecular complexity index is 882. The Balaban J connectivity index is 2.35. The fourth-order valence-electron chi connectivity index (χ4n) is 4.28. The molecule has 1 aromatic rings. The highest BCUT2D eigenvalue weighted by molar-refractivity contribution is 9.10. The number of nitriles is 3. The Hall–Kier alpha value is -2.40. The minimum atomic E-state index is -1.90. The van der Waals surface area contributed by atoms with Crippen molar-refractivity contribution in [3.05, 3.63) is 34.3 Å². The number of fused-ring (bicyclic) bond motifs is 2.